The van der Waals surface area contributed by atoms with E-state index in [0.717, 1.165) is 16.6 Å². The van der Waals surface area contributed by atoms with Crippen LogP contribution >= 0.6 is 0 Å². The highest BCUT2D eigenvalue weighted by atomic mass is 19.1. The van der Waals surface area contributed by atoms with Gasteiger partial charge in [0.25, 0.3) is 0 Å². The Morgan fingerprint density at radius 2 is 2.03 bits per heavy atom. The summed E-state index contributed by atoms with van der Waals surface area (Å²) in [6.45, 7) is 3.05. The van der Waals surface area contributed by atoms with Crippen LogP contribution in [0.1, 0.15) is 16.8 Å². The van der Waals surface area contributed by atoms with E-state index in [1.807, 2.05) is 12.1 Å². The molecule has 1 amide bonds. The van der Waals surface area contributed by atoms with Gasteiger partial charge in [0, 0.05) is 50.7 Å². The largest absolute Gasteiger partial charge is 0.465 e. The number of benzene rings is 1. The molecule has 1 aliphatic rings. The molecule has 170 valence electrons. The number of halogens is 1. The standard InChI is InChI=1S/C22H23FN8O2/c23-16-2-1-14-9-15(3-4-26-21-17(11-24)20(25)27-13-28-21)19(29-18(14)10-16)12-30-5-7-31(8-6-30)22(32)33/h1-2,9-10,13H,3-8,12H2,(H,32,33)(H3,25,26,27,28). The first kappa shape index (κ1) is 22.2. The van der Waals surface area contributed by atoms with Gasteiger partial charge in [-0.15, -0.1) is 0 Å². The van der Waals surface area contributed by atoms with Crippen LogP contribution in [0.2, 0.25) is 0 Å². The van der Waals surface area contributed by atoms with Gasteiger partial charge in [0.1, 0.15) is 35.4 Å². The SMILES string of the molecule is N#Cc1c(N)ncnc1NCCc1cc2ccc(F)cc2nc1CN1CCN(C(=O)O)CC1. The second kappa shape index (κ2) is 9.62. The normalized spacial score (nSPS) is 14.2. The molecule has 0 saturated carbocycles. The van der Waals surface area contributed by atoms with E-state index in [-0.39, 0.29) is 17.2 Å². The second-order valence-electron chi connectivity index (χ2n) is 7.75. The highest BCUT2D eigenvalue weighted by Gasteiger charge is 2.21. The van der Waals surface area contributed by atoms with Gasteiger partial charge >= 0.3 is 6.09 Å². The van der Waals surface area contributed by atoms with Crippen LogP contribution < -0.4 is 11.1 Å². The number of nitriles is 1. The lowest BCUT2D eigenvalue weighted by Gasteiger charge is -2.33. The number of nitrogen functional groups attached to an aromatic ring is 1. The maximum absolute atomic E-state index is 13.8. The fraction of sp³-hybridized carbons (Fsp3) is 0.318. The molecule has 0 atom stereocenters. The highest BCUT2D eigenvalue weighted by Crippen LogP contribution is 2.21. The van der Waals surface area contributed by atoms with Crippen LogP contribution in [0.3, 0.4) is 0 Å². The maximum atomic E-state index is 13.8. The average Bonchev–Trinajstić information content (AvgIpc) is 2.80. The fourth-order valence-corrected chi connectivity index (χ4v) is 3.85. The van der Waals surface area contributed by atoms with E-state index in [1.165, 1.54) is 23.4 Å². The number of nitrogens with one attached hydrogen (secondary N) is 1. The third-order valence-corrected chi connectivity index (χ3v) is 5.64. The van der Waals surface area contributed by atoms with Gasteiger partial charge in [0.15, 0.2) is 0 Å². The third-order valence-electron chi connectivity index (χ3n) is 5.64. The van der Waals surface area contributed by atoms with Crippen molar-refractivity contribution in [3.05, 3.63) is 53.2 Å². The van der Waals surface area contributed by atoms with E-state index < -0.39 is 6.09 Å². The van der Waals surface area contributed by atoms with E-state index in [2.05, 4.69) is 20.2 Å². The number of piperazine rings is 1. The number of fused-ring (bicyclic) bond motifs is 1. The Morgan fingerprint density at radius 1 is 1.24 bits per heavy atom. The number of carbonyl (C=O) groups is 1. The Labute approximate surface area is 189 Å². The molecule has 4 rings (SSSR count). The smallest absolute Gasteiger partial charge is 0.407 e. The molecule has 1 fully saturated rings. The van der Waals surface area contributed by atoms with E-state index in [0.29, 0.717) is 57.0 Å². The minimum Gasteiger partial charge on any atom is -0.465 e. The molecular weight excluding hydrogens is 427 g/mol. The van der Waals surface area contributed by atoms with Crippen molar-refractivity contribution in [1.82, 2.24) is 24.8 Å². The zero-order valence-electron chi connectivity index (χ0n) is 17.8. The summed E-state index contributed by atoms with van der Waals surface area (Å²) in [5.41, 5.74) is 8.29. The Morgan fingerprint density at radius 3 is 2.76 bits per heavy atom. The first-order chi connectivity index (χ1) is 15.9. The lowest BCUT2D eigenvalue weighted by Crippen LogP contribution is -2.47. The molecule has 1 aromatic carbocycles. The summed E-state index contributed by atoms with van der Waals surface area (Å²) in [6, 6.07) is 8.51. The zero-order valence-corrected chi connectivity index (χ0v) is 17.8. The monoisotopic (exact) mass is 450 g/mol. The van der Waals surface area contributed by atoms with Crippen molar-refractivity contribution in [3.8, 4) is 6.07 Å². The molecule has 10 nitrogen and oxygen atoms in total. The minimum absolute atomic E-state index is 0.116. The van der Waals surface area contributed by atoms with Crippen molar-refractivity contribution in [3.63, 3.8) is 0 Å². The minimum atomic E-state index is -0.914. The van der Waals surface area contributed by atoms with Crippen molar-refractivity contribution in [2.75, 3.05) is 43.8 Å². The molecule has 33 heavy (non-hydrogen) atoms. The van der Waals surface area contributed by atoms with Gasteiger partial charge < -0.3 is 21.1 Å². The Bertz CT molecular complexity index is 1220. The summed E-state index contributed by atoms with van der Waals surface area (Å²) >= 11 is 0. The highest BCUT2D eigenvalue weighted by molar-refractivity contribution is 5.79. The molecule has 0 bridgehead atoms. The second-order valence-corrected chi connectivity index (χ2v) is 7.75. The number of carboxylic acid groups (broad SMARTS) is 1. The summed E-state index contributed by atoms with van der Waals surface area (Å²) in [6.07, 6.45) is 0.967. The van der Waals surface area contributed by atoms with Crippen LogP contribution in [0.5, 0.6) is 0 Å². The van der Waals surface area contributed by atoms with Gasteiger partial charge in [-0.1, -0.05) is 0 Å². The van der Waals surface area contributed by atoms with Gasteiger partial charge in [0.05, 0.1) is 11.2 Å². The molecule has 0 aliphatic carbocycles. The summed E-state index contributed by atoms with van der Waals surface area (Å²) in [5.74, 6) is 0.133. The average molecular weight is 450 g/mol. The lowest BCUT2D eigenvalue weighted by molar-refractivity contribution is 0.102. The number of pyridine rings is 1. The predicted octanol–water partition coefficient (Wildman–Crippen LogP) is 2.07. The Balaban J connectivity index is 1.53. The van der Waals surface area contributed by atoms with E-state index in [9.17, 15) is 14.4 Å². The molecule has 1 aliphatic heterocycles. The van der Waals surface area contributed by atoms with Crippen molar-refractivity contribution in [2.45, 2.75) is 13.0 Å². The van der Waals surface area contributed by atoms with Crippen molar-refractivity contribution in [1.29, 1.82) is 5.26 Å². The molecular formula is C22H23FN8O2. The van der Waals surface area contributed by atoms with Crippen molar-refractivity contribution < 1.29 is 14.3 Å². The van der Waals surface area contributed by atoms with Crippen LogP contribution in [0.4, 0.5) is 20.8 Å². The Hall–Kier alpha value is -4.04. The molecule has 0 unspecified atom stereocenters. The predicted molar refractivity (Wildman–Crippen MR) is 120 cm³/mol. The fourth-order valence-electron chi connectivity index (χ4n) is 3.85. The number of anilines is 2. The topological polar surface area (TPSA) is 144 Å². The summed E-state index contributed by atoms with van der Waals surface area (Å²) in [4.78, 5) is 27.4. The molecule has 4 N–H and O–H groups in total. The van der Waals surface area contributed by atoms with Gasteiger partial charge in [-0.25, -0.2) is 19.2 Å². The van der Waals surface area contributed by atoms with Crippen LogP contribution in [-0.4, -0.2) is 68.7 Å². The van der Waals surface area contributed by atoms with Crippen molar-refractivity contribution >= 4 is 28.6 Å². The number of amides is 1. The van der Waals surface area contributed by atoms with E-state index in [1.54, 1.807) is 6.07 Å². The number of hydrogen-bond donors (Lipinski definition) is 3. The number of rotatable bonds is 6. The molecule has 11 heteroatoms. The molecule has 1 saturated heterocycles. The van der Waals surface area contributed by atoms with Crippen LogP contribution in [0, 0.1) is 17.1 Å². The number of hydrogen-bond acceptors (Lipinski definition) is 8. The molecule has 0 radical (unpaired) electrons. The van der Waals surface area contributed by atoms with E-state index >= 15 is 0 Å². The summed E-state index contributed by atoms with van der Waals surface area (Å²) in [5, 5.41) is 22.4. The van der Waals surface area contributed by atoms with Crippen LogP contribution in [0.25, 0.3) is 10.9 Å². The summed E-state index contributed by atoms with van der Waals surface area (Å²) < 4.78 is 13.8. The quantitative estimate of drug-likeness (QED) is 0.514. The number of aromatic nitrogens is 3. The molecule has 3 aromatic rings. The first-order valence-electron chi connectivity index (χ1n) is 10.5. The van der Waals surface area contributed by atoms with Gasteiger partial charge in [-0.3, -0.25) is 9.88 Å². The van der Waals surface area contributed by atoms with Gasteiger partial charge in [-0.2, -0.15) is 5.26 Å². The number of nitrogens with two attached hydrogens (primary N) is 1. The maximum Gasteiger partial charge on any atom is 0.407 e. The molecule has 2 aromatic heterocycles. The van der Waals surface area contributed by atoms with Crippen LogP contribution in [-0.2, 0) is 13.0 Å². The van der Waals surface area contributed by atoms with Gasteiger partial charge in [0.2, 0.25) is 0 Å². The van der Waals surface area contributed by atoms with Crippen LogP contribution in [0.15, 0.2) is 30.6 Å². The Kier molecular flexibility index (Phi) is 6.46. The zero-order chi connectivity index (χ0) is 23.4. The lowest BCUT2D eigenvalue weighted by atomic mass is 10.1. The first-order valence-corrected chi connectivity index (χ1v) is 10.5. The summed E-state index contributed by atoms with van der Waals surface area (Å²) in [7, 11) is 0. The van der Waals surface area contributed by atoms with E-state index in [4.69, 9.17) is 15.8 Å². The molecule has 3 heterocycles. The van der Waals surface area contributed by atoms with Crippen molar-refractivity contribution in [2.24, 2.45) is 0 Å². The third kappa shape index (κ3) is 5.07. The number of nitrogens with zero attached hydrogens (tertiary/aromatic N) is 6. The molecule has 0 spiro atoms. The van der Waals surface area contributed by atoms with Gasteiger partial charge in [-0.05, 0) is 30.2 Å².